The first-order chi connectivity index (χ1) is 13.6. The van der Waals surface area contributed by atoms with Gasteiger partial charge >= 0.3 is 0 Å². The number of nitrogens with one attached hydrogen (secondary N) is 2. The van der Waals surface area contributed by atoms with Gasteiger partial charge in [-0.05, 0) is 31.4 Å². The standard InChI is InChI=1S/C20H30N4O4S/c1-14(2)20-22-19(28-23-20)7-5-6-18(25)21-12-16-8-10-17(11-9-16)13-29(26,27)24-15(3)4/h8-11,14-15,24H,5-7,12-13H2,1-4H3,(H,21,25). The van der Waals surface area contributed by atoms with Crippen molar-refractivity contribution in [1.29, 1.82) is 0 Å². The summed E-state index contributed by atoms with van der Waals surface area (Å²) in [5.41, 5.74) is 1.61. The molecule has 9 heteroatoms. The van der Waals surface area contributed by atoms with Crippen molar-refractivity contribution in [3.63, 3.8) is 0 Å². The van der Waals surface area contributed by atoms with Crippen LogP contribution in [0.15, 0.2) is 28.8 Å². The Balaban J connectivity index is 1.72. The largest absolute Gasteiger partial charge is 0.352 e. The fraction of sp³-hybridized carbons (Fsp3) is 0.550. The minimum absolute atomic E-state index is 0.0543. The maximum atomic E-state index is 12.0. The summed E-state index contributed by atoms with van der Waals surface area (Å²) in [6.45, 7) is 7.96. The van der Waals surface area contributed by atoms with Gasteiger partial charge in [0.05, 0.1) is 5.75 Å². The Morgan fingerprint density at radius 1 is 1.10 bits per heavy atom. The van der Waals surface area contributed by atoms with Gasteiger partial charge in [0.25, 0.3) is 0 Å². The maximum Gasteiger partial charge on any atom is 0.226 e. The van der Waals surface area contributed by atoms with E-state index in [1.807, 2.05) is 26.0 Å². The summed E-state index contributed by atoms with van der Waals surface area (Å²) in [6.07, 6.45) is 1.57. The van der Waals surface area contributed by atoms with Crippen molar-refractivity contribution in [2.75, 3.05) is 0 Å². The summed E-state index contributed by atoms with van der Waals surface area (Å²) in [5.74, 6) is 1.33. The van der Waals surface area contributed by atoms with Crippen molar-refractivity contribution in [2.24, 2.45) is 0 Å². The fourth-order valence-electron chi connectivity index (χ4n) is 2.67. The Bertz CT molecular complexity index is 889. The van der Waals surface area contributed by atoms with E-state index in [0.29, 0.717) is 43.1 Å². The Hall–Kier alpha value is -2.26. The summed E-state index contributed by atoms with van der Waals surface area (Å²) in [4.78, 5) is 16.3. The molecule has 0 fully saturated rings. The Labute approximate surface area is 172 Å². The molecule has 0 saturated heterocycles. The average molecular weight is 423 g/mol. The van der Waals surface area contributed by atoms with Crippen LogP contribution in [0.25, 0.3) is 0 Å². The molecule has 0 aliphatic rings. The van der Waals surface area contributed by atoms with Crippen LogP contribution in [0.5, 0.6) is 0 Å². The lowest BCUT2D eigenvalue weighted by atomic mass is 10.1. The smallest absolute Gasteiger partial charge is 0.226 e. The topological polar surface area (TPSA) is 114 Å². The molecule has 1 aromatic carbocycles. The molecule has 2 rings (SSSR count). The van der Waals surface area contributed by atoms with Gasteiger partial charge in [0.2, 0.25) is 21.8 Å². The van der Waals surface area contributed by atoms with E-state index in [0.717, 1.165) is 5.56 Å². The molecule has 0 unspecified atom stereocenters. The Morgan fingerprint density at radius 3 is 2.34 bits per heavy atom. The van der Waals surface area contributed by atoms with Crippen LogP contribution in [-0.2, 0) is 33.5 Å². The second kappa shape index (κ2) is 10.5. The second-order valence-electron chi connectivity index (χ2n) is 7.68. The molecule has 0 saturated carbocycles. The number of nitrogens with zero attached hydrogens (tertiary/aromatic N) is 2. The molecule has 0 radical (unpaired) electrons. The first-order valence-corrected chi connectivity index (χ1v) is 11.5. The molecule has 2 N–H and O–H groups in total. The molecule has 160 valence electrons. The van der Waals surface area contributed by atoms with Gasteiger partial charge < -0.3 is 9.84 Å². The predicted molar refractivity (Wildman–Crippen MR) is 111 cm³/mol. The van der Waals surface area contributed by atoms with Crippen LogP contribution in [0.3, 0.4) is 0 Å². The van der Waals surface area contributed by atoms with Crippen LogP contribution < -0.4 is 10.0 Å². The molecule has 8 nitrogen and oxygen atoms in total. The highest BCUT2D eigenvalue weighted by atomic mass is 32.2. The Kier molecular flexibility index (Phi) is 8.33. The highest BCUT2D eigenvalue weighted by Crippen LogP contribution is 2.11. The number of amides is 1. The monoisotopic (exact) mass is 422 g/mol. The van der Waals surface area contributed by atoms with Crippen molar-refractivity contribution in [2.45, 2.75) is 71.2 Å². The van der Waals surface area contributed by atoms with Gasteiger partial charge in [0.15, 0.2) is 5.82 Å². The highest BCUT2D eigenvalue weighted by Gasteiger charge is 2.13. The third-order valence-electron chi connectivity index (χ3n) is 4.08. The van der Waals surface area contributed by atoms with Gasteiger partial charge in [-0.1, -0.05) is 43.3 Å². The number of carbonyl (C=O) groups is 1. The normalized spacial score (nSPS) is 11.9. The van der Waals surface area contributed by atoms with Gasteiger partial charge in [-0.3, -0.25) is 4.79 Å². The lowest BCUT2D eigenvalue weighted by molar-refractivity contribution is -0.121. The summed E-state index contributed by atoms with van der Waals surface area (Å²) in [7, 11) is -3.35. The molecule has 1 heterocycles. The average Bonchev–Trinajstić information content (AvgIpc) is 3.09. The molecule has 0 spiro atoms. The number of sulfonamides is 1. The van der Waals surface area contributed by atoms with Gasteiger partial charge in [-0.25, -0.2) is 13.1 Å². The van der Waals surface area contributed by atoms with Crippen LogP contribution in [0.1, 0.15) is 69.3 Å². The number of benzene rings is 1. The van der Waals surface area contributed by atoms with Crippen molar-refractivity contribution < 1.29 is 17.7 Å². The van der Waals surface area contributed by atoms with Crippen LogP contribution in [0.4, 0.5) is 0 Å². The van der Waals surface area contributed by atoms with E-state index in [9.17, 15) is 13.2 Å². The zero-order valence-corrected chi connectivity index (χ0v) is 18.3. The lowest BCUT2D eigenvalue weighted by Crippen LogP contribution is -2.31. The molecule has 29 heavy (non-hydrogen) atoms. The number of hydrogen-bond acceptors (Lipinski definition) is 6. The van der Waals surface area contributed by atoms with E-state index >= 15 is 0 Å². The van der Waals surface area contributed by atoms with E-state index in [1.54, 1.807) is 26.0 Å². The van der Waals surface area contributed by atoms with Crippen LogP contribution in [0, 0.1) is 0 Å². The van der Waals surface area contributed by atoms with Gasteiger partial charge in [-0.2, -0.15) is 4.98 Å². The molecule has 0 aliphatic carbocycles. The molecule has 1 amide bonds. The quantitative estimate of drug-likeness (QED) is 0.575. The van der Waals surface area contributed by atoms with Crippen LogP contribution in [0.2, 0.25) is 0 Å². The van der Waals surface area contributed by atoms with E-state index in [2.05, 4.69) is 20.2 Å². The fourth-order valence-corrected chi connectivity index (χ4v) is 4.10. The van der Waals surface area contributed by atoms with Crippen LogP contribution >= 0.6 is 0 Å². The zero-order valence-electron chi connectivity index (χ0n) is 17.4. The summed E-state index contributed by atoms with van der Waals surface area (Å²) >= 11 is 0. The second-order valence-corrected chi connectivity index (χ2v) is 9.43. The number of aromatic nitrogens is 2. The minimum Gasteiger partial charge on any atom is -0.352 e. The summed E-state index contributed by atoms with van der Waals surface area (Å²) in [5, 5.41) is 6.77. The molecular weight excluding hydrogens is 392 g/mol. The molecule has 1 aromatic heterocycles. The SMILES string of the molecule is CC(C)NS(=O)(=O)Cc1ccc(CNC(=O)CCCc2nc(C(C)C)no2)cc1. The molecule has 0 atom stereocenters. The molecule has 0 bridgehead atoms. The number of hydrogen-bond donors (Lipinski definition) is 2. The summed E-state index contributed by atoms with van der Waals surface area (Å²) < 4.78 is 31.7. The first-order valence-electron chi connectivity index (χ1n) is 9.81. The van der Waals surface area contributed by atoms with Crippen molar-refractivity contribution in [3.05, 3.63) is 47.1 Å². The number of rotatable bonds is 11. The molecule has 2 aromatic rings. The molecule has 0 aliphatic heterocycles. The minimum atomic E-state index is -3.35. The van der Waals surface area contributed by atoms with Crippen molar-refractivity contribution >= 4 is 15.9 Å². The van der Waals surface area contributed by atoms with E-state index in [-0.39, 0.29) is 23.6 Å². The van der Waals surface area contributed by atoms with E-state index in [4.69, 9.17) is 4.52 Å². The van der Waals surface area contributed by atoms with Crippen LogP contribution in [-0.4, -0.2) is 30.5 Å². The van der Waals surface area contributed by atoms with Crippen molar-refractivity contribution in [3.8, 4) is 0 Å². The van der Waals surface area contributed by atoms with Crippen molar-refractivity contribution in [1.82, 2.24) is 20.2 Å². The first kappa shape index (κ1) is 23.0. The van der Waals surface area contributed by atoms with E-state index < -0.39 is 10.0 Å². The number of carbonyl (C=O) groups excluding carboxylic acids is 1. The predicted octanol–water partition coefficient (Wildman–Crippen LogP) is 2.66. The van der Waals surface area contributed by atoms with Gasteiger partial charge in [-0.15, -0.1) is 0 Å². The molecular formula is C20H30N4O4S. The maximum absolute atomic E-state index is 12.0. The lowest BCUT2D eigenvalue weighted by Gasteiger charge is -2.10. The zero-order chi connectivity index (χ0) is 21.4. The summed E-state index contributed by atoms with van der Waals surface area (Å²) in [6, 6.07) is 7.05. The third-order valence-corrected chi connectivity index (χ3v) is 5.62. The third kappa shape index (κ3) is 8.33. The number of aryl methyl sites for hydroxylation is 1. The van der Waals surface area contributed by atoms with Gasteiger partial charge in [0, 0.05) is 31.3 Å². The van der Waals surface area contributed by atoms with Gasteiger partial charge in [0.1, 0.15) is 0 Å². The highest BCUT2D eigenvalue weighted by molar-refractivity contribution is 7.88. The van der Waals surface area contributed by atoms with E-state index in [1.165, 1.54) is 0 Å². The Morgan fingerprint density at radius 2 is 1.76 bits per heavy atom.